The highest BCUT2D eigenvalue weighted by Gasteiger charge is 2.35. The molecule has 0 aliphatic carbocycles. The van der Waals surface area contributed by atoms with Crippen molar-refractivity contribution in [2.45, 2.75) is 44.9 Å². The van der Waals surface area contributed by atoms with Gasteiger partial charge in [0.15, 0.2) is 11.5 Å². The summed E-state index contributed by atoms with van der Waals surface area (Å²) in [6, 6.07) is 5.17. The van der Waals surface area contributed by atoms with E-state index in [9.17, 15) is 26.0 Å². The number of fused-ring (bicyclic) bond motifs is 1. The minimum absolute atomic E-state index is 0.0935. The fourth-order valence-electron chi connectivity index (χ4n) is 4.62. The average Bonchev–Trinajstić information content (AvgIpc) is 3.31. The van der Waals surface area contributed by atoms with Gasteiger partial charge in [0.05, 0.1) is 36.5 Å². The molecule has 2 heterocycles. The van der Waals surface area contributed by atoms with Crippen molar-refractivity contribution in [3.63, 3.8) is 0 Å². The average molecular weight is 557 g/mol. The summed E-state index contributed by atoms with van der Waals surface area (Å²) in [5.41, 5.74) is -1.04. The first-order valence-electron chi connectivity index (χ1n) is 11.9. The summed E-state index contributed by atoms with van der Waals surface area (Å²) in [5.74, 6) is -0.0333. The number of rotatable bonds is 8. The molecule has 2 aromatic carbocycles. The predicted octanol–water partition coefficient (Wildman–Crippen LogP) is 5.08. The fraction of sp³-hybridized carbons (Fsp3) is 0.440. The lowest BCUT2D eigenvalue weighted by molar-refractivity contribution is -0.140. The van der Waals surface area contributed by atoms with Crippen molar-refractivity contribution in [1.29, 1.82) is 0 Å². The molecular weight excluding hydrogens is 528 g/mol. The smallest absolute Gasteiger partial charge is 0.419 e. The number of sulfonamides is 1. The van der Waals surface area contributed by atoms with E-state index >= 15 is 0 Å². The van der Waals surface area contributed by atoms with Gasteiger partial charge in [0.1, 0.15) is 24.1 Å². The first kappa shape index (κ1) is 27.8. The van der Waals surface area contributed by atoms with Crippen molar-refractivity contribution in [2.24, 2.45) is 0 Å². The van der Waals surface area contributed by atoms with Gasteiger partial charge in [0.2, 0.25) is 10.0 Å². The van der Waals surface area contributed by atoms with Gasteiger partial charge in [0, 0.05) is 23.6 Å². The number of nitrogens with zero attached hydrogens (tertiary/aromatic N) is 3. The molecule has 2 atom stereocenters. The Morgan fingerprint density at radius 1 is 1.21 bits per heavy atom. The molecule has 0 radical (unpaired) electrons. The quantitative estimate of drug-likeness (QED) is 0.387. The number of alkyl halides is 3. The summed E-state index contributed by atoms with van der Waals surface area (Å²) in [4.78, 5) is 8.81. The minimum atomic E-state index is -4.83. The summed E-state index contributed by atoms with van der Waals surface area (Å²) >= 11 is 0. The molecule has 1 saturated heterocycles. The van der Waals surface area contributed by atoms with Crippen molar-refractivity contribution in [3.8, 4) is 11.5 Å². The summed E-state index contributed by atoms with van der Waals surface area (Å²) < 4.78 is 91.5. The van der Waals surface area contributed by atoms with Gasteiger partial charge < -0.3 is 14.8 Å². The maximum absolute atomic E-state index is 14.8. The number of anilines is 1. The van der Waals surface area contributed by atoms with Crippen molar-refractivity contribution >= 4 is 26.7 Å². The lowest BCUT2D eigenvalue weighted by Crippen LogP contribution is -2.38. The second-order valence-electron chi connectivity index (χ2n) is 9.19. The number of ether oxygens (including phenoxy) is 2. The Labute approximate surface area is 218 Å². The summed E-state index contributed by atoms with van der Waals surface area (Å²) in [6.45, 7) is 3.70. The number of halogens is 4. The first-order chi connectivity index (χ1) is 17.8. The zero-order valence-electron chi connectivity index (χ0n) is 21.3. The molecule has 4 rings (SSSR count). The lowest BCUT2D eigenvalue weighted by Gasteiger charge is -2.23. The van der Waals surface area contributed by atoms with Crippen LogP contribution < -0.4 is 14.8 Å². The number of benzene rings is 2. The molecule has 206 valence electrons. The summed E-state index contributed by atoms with van der Waals surface area (Å²) in [6.07, 6.45) is -2.29. The van der Waals surface area contributed by atoms with Gasteiger partial charge in [-0.25, -0.2) is 22.8 Å². The van der Waals surface area contributed by atoms with Crippen LogP contribution in [0.15, 0.2) is 30.3 Å². The molecule has 1 aromatic heterocycles. The Kier molecular flexibility index (Phi) is 7.71. The Morgan fingerprint density at radius 2 is 1.95 bits per heavy atom. The summed E-state index contributed by atoms with van der Waals surface area (Å²) in [5, 5.41) is 3.48. The molecule has 1 aliphatic heterocycles. The van der Waals surface area contributed by atoms with E-state index < -0.39 is 33.6 Å². The minimum Gasteiger partial charge on any atom is -0.493 e. The standard InChI is InChI=1S/C25H28F4N4O4S/c1-14(17-8-5-9-19(23(17)26)25(27,28)29)30-24-18-11-22(21(36-3)12-20(18)31-15(2)32-24)37-13-16-7-6-10-33(16)38(4,34)35/h5,8-9,11-12,14,16H,6-7,10,13H2,1-4H3,(H,30,31,32)/t14?,16-/m0/s1. The molecule has 13 heteroatoms. The molecule has 0 amide bonds. The number of hydrogen-bond acceptors (Lipinski definition) is 7. The van der Waals surface area contributed by atoms with Gasteiger partial charge in [-0.3, -0.25) is 0 Å². The van der Waals surface area contributed by atoms with Crippen LogP contribution in [0.25, 0.3) is 10.9 Å². The number of aryl methyl sites for hydroxylation is 1. The van der Waals surface area contributed by atoms with Crippen molar-refractivity contribution < 1.29 is 35.5 Å². The summed E-state index contributed by atoms with van der Waals surface area (Å²) in [7, 11) is -1.93. The molecule has 0 bridgehead atoms. The molecule has 0 saturated carbocycles. The molecule has 1 N–H and O–H groups in total. The molecular formula is C25H28F4N4O4S. The van der Waals surface area contributed by atoms with E-state index in [0.717, 1.165) is 18.7 Å². The first-order valence-corrected chi connectivity index (χ1v) is 13.7. The molecule has 1 aliphatic rings. The van der Waals surface area contributed by atoms with E-state index in [-0.39, 0.29) is 24.0 Å². The largest absolute Gasteiger partial charge is 0.493 e. The van der Waals surface area contributed by atoms with E-state index in [1.807, 2.05) is 0 Å². The van der Waals surface area contributed by atoms with Crippen LogP contribution in [0.4, 0.5) is 23.4 Å². The van der Waals surface area contributed by atoms with E-state index in [4.69, 9.17) is 9.47 Å². The van der Waals surface area contributed by atoms with Crippen LogP contribution in [0, 0.1) is 12.7 Å². The normalized spacial score (nSPS) is 17.5. The van der Waals surface area contributed by atoms with Crippen LogP contribution in [0.2, 0.25) is 0 Å². The van der Waals surface area contributed by atoms with Crippen LogP contribution in [0.3, 0.4) is 0 Å². The maximum atomic E-state index is 14.8. The van der Waals surface area contributed by atoms with Crippen LogP contribution in [-0.2, 0) is 16.2 Å². The van der Waals surface area contributed by atoms with Crippen LogP contribution >= 0.6 is 0 Å². The van der Waals surface area contributed by atoms with Gasteiger partial charge in [-0.05, 0) is 38.8 Å². The molecule has 0 spiro atoms. The Hall–Kier alpha value is -3.19. The van der Waals surface area contributed by atoms with Gasteiger partial charge in [0.25, 0.3) is 0 Å². The zero-order valence-corrected chi connectivity index (χ0v) is 22.1. The Morgan fingerprint density at radius 3 is 2.61 bits per heavy atom. The van der Waals surface area contributed by atoms with E-state index in [2.05, 4.69) is 15.3 Å². The van der Waals surface area contributed by atoms with E-state index in [0.29, 0.717) is 47.3 Å². The van der Waals surface area contributed by atoms with Gasteiger partial charge in [-0.2, -0.15) is 17.5 Å². The van der Waals surface area contributed by atoms with Crippen molar-refractivity contribution in [2.75, 3.05) is 31.8 Å². The highest BCUT2D eigenvalue weighted by atomic mass is 32.2. The fourth-order valence-corrected chi connectivity index (χ4v) is 5.79. The van der Waals surface area contributed by atoms with E-state index in [1.54, 1.807) is 19.1 Å². The SMILES string of the molecule is COc1cc2nc(C)nc(NC(C)c3cccc(C(F)(F)F)c3F)c2cc1OC[C@@H]1CCCN1S(C)(=O)=O. The van der Waals surface area contributed by atoms with E-state index in [1.165, 1.54) is 24.4 Å². The third-order valence-corrected chi connectivity index (χ3v) is 7.76. The molecule has 38 heavy (non-hydrogen) atoms. The predicted molar refractivity (Wildman–Crippen MR) is 134 cm³/mol. The van der Waals surface area contributed by atoms with Crippen LogP contribution in [0.5, 0.6) is 11.5 Å². The molecule has 1 fully saturated rings. The molecule has 3 aromatic rings. The van der Waals surface area contributed by atoms with Crippen LogP contribution in [0.1, 0.15) is 42.8 Å². The van der Waals surface area contributed by atoms with Gasteiger partial charge >= 0.3 is 6.18 Å². The number of aromatic nitrogens is 2. The van der Waals surface area contributed by atoms with Gasteiger partial charge in [-0.15, -0.1) is 0 Å². The van der Waals surface area contributed by atoms with Crippen molar-refractivity contribution in [3.05, 3.63) is 53.1 Å². The second kappa shape index (κ2) is 10.5. The lowest BCUT2D eigenvalue weighted by atomic mass is 10.0. The number of hydrogen-bond donors (Lipinski definition) is 1. The maximum Gasteiger partial charge on any atom is 0.419 e. The topological polar surface area (TPSA) is 93.7 Å². The second-order valence-corrected chi connectivity index (χ2v) is 11.1. The zero-order chi connectivity index (χ0) is 27.8. The van der Waals surface area contributed by atoms with Gasteiger partial charge in [-0.1, -0.05) is 12.1 Å². The van der Waals surface area contributed by atoms with Crippen LogP contribution in [-0.4, -0.2) is 55.3 Å². The number of nitrogens with one attached hydrogen (secondary N) is 1. The molecule has 1 unspecified atom stereocenters. The van der Waals surface area contributed by atoms with Crippen molar-refractivity contribution in [1.82, 2.24) is 14.3 Å². The highest BCUT2D eigenvalue weighted by molar-refractivity contribution is 7.88. The number of methoxy groups -OCH3 is 1. The Balaban J connectivity index is 1.67. The Bertz CT molecular complexity index is 1450. The third kappa shape index (κ3) is 5.78. The third-order valence-electron chi connectivity index (χ3n) is 6.43. The monoisotopic (exact) mass is 556 g/mol. The molecule has 8 nitrogen and oxygen atoms in total. The highest BCUT2D eigenvalue weighted by Crippen LogP contribution is 2.37.